The van der Waals surface area contributed by atoms with Crippen molar-refractivity contribution >= 4 is 5.69 Å². The number of nitriles is 1. The van der Waals surface area contributed by atoms with Gasteiger partial charge >= 0.3 is 0 Å². The molecule has 0 amide bonds. The van der Waals surface area contributed by atoms with E-state index in [1.165, 1.54) is 0 Å². The van der Waals surface area contributed by atoms with Crippen LogP contribution < -0.4 is 5.32 Å². The zero-order chi connectivity index (χ0) is 9.52. The molecule has 0 saturated heterocycles. The first-order valence-electron chi connectivity index (χ1n) is 4.13. The van der Waals surface area contributed by atoms with Crippen molar-refractivity contribution in [2.24, 2.45) is 0 Å². The van der Waals surface area contributed by atoms with E-state index in [2.05, 4.69) is 11.4 Å². The third-order valence-electron chi connectivity index (χ3n) is 1.70. The van der Waals surface area contributed by atoms with Gasteiger partial charge in [-0.2, -0.15) is 5.26 Å². The lowest BCUT2D eigenvalue weighted by Crippen LogP contribution is -2.05. The predicted octanol–water partition coefficient (Wildman–Crippen LogP) is 2.13. The molecule has 2 nitrogen and oxygen atoms in total. The van der Waals surface area contributed by atoms with Crippen molar-refractivity contribution < 1.29 is 4.39 Å². The molecule has 1 aromatic carbocycles. The minimum Gasteiger partial charge on any atom is -0.382 e. The van der Waals surface area contributed by atoms with Crippen LogP contribution in [0.1, 0.15) is 5.56 Å². The SMILES string of the molecule is N#CCc1ccccc1NCCF. The molecule has 0 aliphatic carbocycles. The molecule has 68 valence electrons. The van der Waals surface area contributed by atoms with Gasteiger partial charge in [0, 0.05) is 12.2 Å². The van der Waals surface area contributed by atoms with E-state index >= 15 is 0 Å². The largest absolute Gasteiger partial charge is 0.382 e. The highest BCUT2D eigenvalue weighted by atomic mass is 19.1. The van der Waals surface area contributed by atoms with Crippen LogP contribution in [-0.4, -0.2) is 13.2 Å². The van der Waals surface area contributed by atoms with Gasteiger partial charge in [0.2, 0.25) is 0 Å². The molecule has 0 saturated carbocycles. The molecular formula is C10H11FN2. The van der Waals surface area contributed by atoms with Crippen molar-refractivity contribution in [3.05, 3.63) is 29.8 Å². The number of nitrogens with zero attached hydrogens (tertiary/aromatic N) is 1. The number of benzene rings is 1. The molecule has 0 aliphatic rings. The second-order valence-corrected chi connectivity index (χ2v) is 2.61. The number of nitrogens with one attached hydrogen (secondary N) is 1. The average molecular weight is 178 g/mol. The number of rotatable bonds is 4. The molecular weight excluding hydrogens is 167 g/mol. The van der Waals surface area contributed by atoms with E-state index < -0.39 is 6.67 Å². The normalized spacial score (nSPS) is 9.23. The van der Waals surface area contributed by atoms with E-state index in [1.807, 2.05) is 24.3 Å². The summed E-state index contributed by atoms with van der Waals surface area (Å²) in [6.07, 6.45) is 0.357. The van der Waals surface area contributed by atoms with E-state index in [9.17, 15) is 4.39 Å². The van der Waals surface area contributed by atoms with Crippen LogP contribution in [0.4, 0.5) is 10.1 Å². The molecule has 1 N–H and O–H groups in total. The standard InChI is InChI=1S/C10H11FN2/c11-6-8-13-10-4-2-1-3-9(10)5-7-12/h1-4,13H,5-6,8H2. The van der Waals surface area contributed by atoms with Crippen molar-refractivity contribution in [1.82, 2.24) is 0 Å². The molecule has 13 heavy (non-hydrogen) atoms. The molecule has 3 heteroatoms. The minimum atomic E-state index is -0.402. The smallest absolute Gasteiger partial charge is 0.107 e. The molecule has 0 spiro atoms. The van der Waals surface area contributed by atoms with E-state index in [0.29, 0.717) is 13.0 Å². The second-order valence-electron chi connectivity index (χ2n) is 2.61. The molecule has 0 fully saturated rings. The van der Waals surface area contributed by atoms with Crippen LogP contribution in [-0.2, 0) is 6.42 Å². The third kappa shape index (κ3) is 2.75. The Bertz CT molecular complexity index is 304. The maximum Gasteiger partial charge on any atom is 0.107 e. The molecule has 1 rings (SSSR count). The van der Waals surface area contributed by atoms with Gasteiger partial charge in [0.1, 0.15) is 6.67 Å². The summed E-state index contributed by atoms with van der Waals surface area (Å²) in [5.74, 6) is 0. The number of anilines is 1. The number of hydrogen-bond acceptors (Lipinski definition) is 2. The van der Waals surface area contributed by atoms with Crippen molar-refractivity contribution in [1.29, 1.82) is 5.26 Å². The van der Waals surface area contributed by atoms with Crippen molar-refractivity contribution in [2.75, 3.05) is 18.5 Å². The molecule has 1 aromatic rings. The van der Waals surface area contributed by atoms with E-state index in [-0.39, 0.29) is 0 Å². The topological polar surface area (TPSA) is 35.8 Å². The Balaban J connectivity index is 2.73. The summed E-state index contributed by atoms with van der Waals surface area (Å²) in [4.78, 5) is 0. The third-order valence-corrected chi connectivity index (χ3v) is 1.70. The van der Waals surface area contributed by atoms with Crippen molar-refractivity contribution in [3.8, 4) is 6.07 Å². The van der Waals surface area contributed by atoms with E-state index in [4.69, 9.17) is 5.26 Å². The summed E-state index contributed by atoms with van der Waals surface area (Å²) in [5.41, 5.74) is 1.76. The van der Waals surface area contributed by atoms with Gasteiger partial charge < -0.3 is 5.32 Å². The first-order valence-corrected chi connectivity index (χ1v) is 4.13. The highest BCUT2D eigenvalue weighted by Gasteiger charge is 1.98. The van der Waals surface area contributed by atoms with Crippen molar-refractivity contribution in [3.63, 3.8) is 0 Å². The van der Waals surface area contributed by atoms with Gasteiger partial charge in [0.05, 0.1) is 12.5 Å². The van der Waals surface area contributed by atoms with Crippen LogP contribution in [0.2, 0.25) is 0 Å². The second kappa shape index (κ2) is 5.15. The Morgan fingerprint density at radius 2 is 2.15 bits per heavy atom. The fraction of sp³-hybridized carbons (Fsp3) is 0.300. The highest BCUT2D eigenvalue weighted by molar-refractivity contribution is 5.51. The lowest BCUT2D eigenvalue weighted by molar-refractivity contribution is 0.512. The van der Waals surface area contributed by atoms with Gasteiger partial charge in [-0.1, -0.05) is 18.2 Å². The van der Waals surface area contributed by atoms with Crippen LogP contribution in [0.25, 0.3) is 0 Å². The number of hydrogen-bond donors (Lipinski definition) is 1. The number of halogens is 1. The first kappa shape index (κ1) is 9.53. The lowest BCUT2D eigenvalue weighted by atomic mass is 10.1. The van der Waals surface area contributed by atoms with Crippen LogP contribution in [0, 0.1) is 11.3 Å². The monoisotopic (exact) mass is 178 g/mol. The maximum absolute atomic E-state index is 11.9. The Morgan fingerprint density at radius 1 is 1.38 bits per heavy atom. The van der Waals surface area contributed by atoms with Crippen LogP contribution in [0.5, 0.6) is 0 Å². The van der Waals surface area contributed by atoms with Gasteiger partial charge in [0.15, 0.2) is 0 Å². The van der Waals surface area contributed by atoms with Gasteiger partial charge in [-0.3, -0.25) is 0 Å². The Labute approximate surface area is 77.0 Å². The maximum atomic E-state index is 11.9. The lowest BCUT2D eigenvalue weighted by Gasteiger charge is -2.07. The Hall–Kier alpha value is -1.56. The van der Waals surface area contributed by atoms with Crippen LogP contribution >= 0.6 is 0 Å². The van der Waals surface area contributed by atoms with Crippen LogP contribution in [0.15, 0.2) is 24.3 Å². The molecule has 0 bridgehead atoms. The summed E-state index contributed by atoms with van der Waals surface area (Å²) in [7, 11) is 0. The Kier molecular flexibility index (Phi) is 3.77. The molecule has 0 atom stereocenters. The van der Waals surface area contributed by atoms with E-state index in [0.717, 1.165) is 11.3 Å². The highest BCUT2D eigenvalue weighted by Crippen LogP contribution is 2.14. The summed E-state index contributed by atoms with van der Waals surface area (Å²) >= 11 is 0. The molecule has 0 heterocycles. The van der Waals surface area contributed by atoms with Crippen molar-refractivity contribution in [2.45, 2.75) is 6.42 Å². The number of alkyl halides is 1. The van der Waals surface area contributed by atoms with Gasteiger partial charge in [0.25, 0.3) is 0 Å². The fourth-order valence-corrected chi connectivity index (χ4v) is 1.11. The molecule has 0 unspecified atom stereocenters. The summed E-state index contributed by atoms with van der Waals surface area (Å²) in [6.45, 7) is -0.108. The summed E-state index contributed by atoms with van der Waals surface area (Å²) in [6, 6.07) is 9.51. The fourth-order valence-electron chi connectivity index (χ4n) is 1.11. The minimum absolute atomic E-state index is 0.294. The van der Waals surface area contributed by atoms with Crippen LogP contribution in [0.3, 0.4) is 0 Å². The predicted molar refractivity (Wildman–Crippen MR) is 50.2 cm³/mol. The summed E-state index contributed by atoms with van der Waals surface area (Å²) in [5, 5.41) is 11.4. The Morgan fingerprint density at radius 3 is 2.85 bits per heavy atom. The zero-order valence-corrected chi connectivity index (χ0v) is 7.26. The van der Waals surface area contributed by atoms with Gasteiger partial charge in [-0.25, -0.2) is 4.39 Å². The average Bonchev–Trinajstić information content (AvgIpc) is 2.17. The molecule has 0 aromatic heterocycles. The van der Waals surface area contributed by atoms with Gasteiger partial charge in [-0.05, 0) is 11.6 Å². The summed E-state index contributed by atoms with van der Waals surface area (Å²) < 4.78 is 11.9. The molecule has 0 aliphatic heterocycles. The van der Waals surface area contributed by atoms with E-state index in [1.54, 1.807) is 0 Å². The van der Waals surface area contributed by atoms with Gasteiger partial charge in [-0.15, -0.1) is 0 Å². The first-order chi connectivity index (χ1) is 6.38. The number of para-hydroxylation sites is 1. The zero-order valence-electron chi connectivity index (χ0n) is 7.26. The molecule has 0 radical (unpaired) electrons. The quantitative estimate of drug-likeness (QED) is 0.766.